The number of carbonyl (C=O) groups excluding carboxylic acids is 1. The topological polar surface area (TPSA) is 52.0 Å². The highest BCUT2D eigenvalue weighted by atomic mass is 16.5. The molecule has 0 aromatic heterocycles. The Morgan fingerprint density at radius 1 is 1.12 bits per heavy atom. The molecule has 0 heterocycles. The lowest BCUT2D eigenvalue weighted by molar-refractivity contribution is -0.885. The van der Waals surface area contributed by atoms with Crippen molar-refractivity contribution in [3.05, 3.63) is 53.6 Å². The van der Waals surface area contributed by atoms with Crippen molar-refractivity contribution < 1.29 is 19.2 Å². The number of nitrogens with one attached hydrogen (secondary N) is 2. The summed E-state index contributed by atoms with van der Waals surface area (Å²) in [5.74, 6) is 1.45. The zero-order valence-corrected chi connectivity index (χ0v) is 14.7. The highest BCUT2D eigenvalue weighted by Gasteiger charge is 2.13. The van der Waals surface area contributed by atoms with Gasteiger partial charge in [0.2, 0.25) is 0 Å². The van der Waals surface area contributed by atoms with E-state index in [9.17, 15) is 4.79 Å². The summed E-state index contributed by atoms with van der Waals surface area (Å²) in [5.41, 5.74) is 2.91. The second-order valence-corrected chi connectivity index (χ2v) is 5.91. The fourth-order valence-electron chi connectivity index (χ4n) is 2.58. The van der Waals surface area contributed by atoms with Gasteiger partial charge in [0.05, 0.1) is 27.0 Å². The van der Waals surface area contributed by atoms with Gasteiger partial charge in [0.1, 0.15) is 18.0 Å². The second kappa shape index (κ2) is 8.36. The van der Waals surface area contributed by atoms with Crippen molar-refractivity contribution in [3.8, 4) is 11.5 Å². The van der Waals surface area contributed by atoms with Crippen molar-refractivity contribution in [1.82, 2.24) is 0 Å². The predicted molar refractivity (Wildman–Crippen MR) is 94.8 cm³/mol. The van der Waals surface area contributed by atoms with Crippen molar-refractivity contribution in [2.45, 2.75) is 13.5 Å². The van der Waals surface area contributed by atoms with Crippen molar-refractivity contribution in [2.75, 3.05) is 33.1 Å². The van der Waals surface area contributed by atoms with Gasteiger partial charge in [-0.15, -0.1) is 0 Å². The number of rotatable bonds is 7. The number of hydrogen-bond donors (Lipinski definition) is 2. The minimum Gasteiger partial charge on any atom is -0.497 e. The number of quaternary nitrogens is 1. The highest BCUT2D eigenvalue weighted by Crippen LogP contribution is 2.24. The normalized spacial score (nSPS) is 11.7. The van der Waals surface area contributed by atoms with E-state index < -0.39 is 0 Å². The number of anilines is 1. The Morgan fingerprint density at radius 2 is 1.92 bits per heavy atom. The minimum absolute atomic E-state index is 0.0423. The molecule has 2 rings (SSSR count). The lowest BCUT2D eigenvalue weighted by atomic mass is 10.2. The molecule has 0 radical (unpaired) electrons. The van der Waals surface area contributed by atoms with Gasteiger partial charge in [-0.3, -0.25) is 4.79 Å². The number of hydrogen-bond acceptors (Lipinski definition) is 3. The smallest absolute Gasteiger partial charge is 0.279 e. The predicted octanol–water partition coefficient (Wildman–Crippen LogP) is 1.67. The summed E-state index contributed by atoms with van der Waals surface area (Å²) in [6.07, 6.45) is 0. The third-order valence-electron chi connectivity index (χ3n) is 3.73. The van der Waals surface area contributed by atoms with Gasteiger partial charge in [0.25, 0.3) is 5.91 Å². The summed E-state index contributed by atoms with van der Waals surface area (Å²) >= 11 is 0. The lowest BCUT2D eigenvalue weighted by Gasteiger charge is -2.15. The number of aryl methyl sites for hydroxylation is 1. The van der Waals surface area contributed by atoms with Gasteiger partial charge >= 0.3 is 0 Å². The molecule has 0 bridgehead atoms. The Labute approximate surface area is 143 Å². The van der Waals surface area contributed by atoms with Crippen LogP contribution in [0.2, 0.25) is 0 Å². The van der Waals surface area contributed by atoms with E-state index in [0.29, 0.717) is 18.0 Å². The molecule has 2 aromatic carbocycles. The van der Waals surface area contributed by atoms with Gasteiger partial charge in [-0.1, -0.05) is 18.2 Å². The first-order valence-corrected chi connectivity index (χ1v) is 7.90. The molecule has 0 saturated heterocycles. The summed E-state index contributed by atoms with van der Waals surface area (Å²) < 4.78 is 10.5. The Morgan fingerprint density at radius 3 is 2.62 bits per heavy atom. The van der Waals surface area contributed by atoms with Crippen molar-refractivity contribution in [3.63, 3.8) is 0 Å². The monoisotopic (exact) mass is 329 g/mol. The van der Waals surface area contributed by atoms with Gasteiger partial charge < -0.3 is 19.7 Å². The lowest BCUT2D eigenvalue weighted by Crippen LogP contribution is -3.08. The number of likely N-dealkylation sites (N-methyl/N-ethyl adjacent to an activating group) is 1. The number of methoxy groups -OCH3 is 2. The third kappa shape index (κ3) is 4.99. The molecule has 2 aromatic rings. The van der Waals surface area contributed by atoms with Crippen LogP contribution in [-0.2, 0) is 11.3 Å². The molecule has 2 N–H and O–H groups in total. The summed E-state index contributed by atoms with van der Waals surface area (Å²) in [6, 6.07) is 13.6. The van der Waals surface area contributed by atoms with Crippen molar-refractivity contribution in [1.29, 1.82) is 0 Å². The zero-order valence-electron chi connectivity index (χ0n) is 14.7. The summed E-state index contributed by atoms with van der Waals surface area (Å²) in [5, 5.41) is 2.93. The van der Waals surface area contributed by atoms with Crippen LogP contribution in [0.4, 0.5) is 5.69 Å². The largest absolute Gasteiger partial charge is 0.497 e. The molecular weight excluding hydrogens is 304 g/mol. The molecule has 5 heteroatoms. The van der Waals surface area contributed by atoms with E-state index in [2.05, 4.69) is 5.32 Å². The van der Waals surface area contributed by atoms with E-state index in [4.69, 9.17) is 9.47 Å². The molecule has 0 aliphatic carbocycles. The standard InChI is InChI=1S/C19H24N2O3/c1-14-8-9-18(24-4)17(10-14)20-19(22)13-21(2)12-15-6-5-7-16(11-15)23-3/h5-11H,12-13H2,1-4H3,(H,20,22)/p+1. The van der Waals surface area contributed by atoms with Crippen LogP contribution in [0.15, 0.2) is 42.5 Å². The maximum Gasteiger partial charge on any atom is 0.279 e. The quantitative estimate of drug-likeness (QED) is 0.812. The molecule has 0 aliphatic heterocycles. The van der Waals surface area contributed by atoms with Crippen LogP contribution < -0.4 is 19.7 Å². The summed E-state index contributed by atoms with van der Waals surface area (Å²) in [7, 11) is 5.24. The molecule has 1 amide bonds. The van der Waals surface area contributed by atoms with Crippen LogP contribution in [0.3, 0.4) is 0 Å². The van der Waals surface area contributed by atoms with Crippen LogP contribution in [0, 0.1) is 6.92 Å². The number of ether oxygens (including phenoxy) is 2. The van der Waals surface area contributed by atoms with E-state index in [1.54, 1.807) is 14.2 Å². The Hall–Kier alpha value is -2.53. The molecule has 1 unspecified atom stereocenters. The first-order valence-electron chi connectivity index (χ1n) is 7.90. The fourth-order valence-corrected chi connectivity index (χ4v) is 2.58. The van der Waals surface area contributed by atoms with Gasteiger partial charge in [-0.25, -0.2) is 0 Å². The zero-order chi connectivity index (χ0) is 17.5. The van der Waals surface area contributed by atoms with E-state index in [0.717, 1.165) is 28.3 Å². The molecule has 0 saturated carbocycles. The van der Waals surface area contributed by atoms with Gasteiger partial charge in [0, 0.05) is 5.56 Å². The van der Waals surface area contributed by atoms with E-state index >= 15 is 0 Å². The van der Waals surface area contributed by atoms with Crippen molar-refractivity contribution >= 4 is 11.6 Å². The minimum atomic E-state index is -0.0423. The SMILES string of the molecule is COc1cccc(C[NH+](C)CC(=O)Nc2cc(C)ccc2OC)c1. The Balaban J connectivity index is 1.95. The molecule has 1 atom stereocenters. The van der Waals surface area contributed by atoms with Crippen LogP contribution >= 0.6 is 0 Å². The molecule has 24 heavy (non-hydrogen) atoms. The Bertz CT molecular complexity index is 701. The van der Waals surface area contributed by atoms with Gasteiger partial charge in [-0.05, 0) is 36.8 Å². The maximum absolute atomic E-state index is 12.3. The van der Waals surface area contributed by atoms with E-state index in [1.807, 2.05) is 56.4 Å². The second-order valence-electron chi connectivity index (χ2n) is 5.91. The molecular formula is C19H25N2O3+. The average Bonchev–Trinajstić information content (AvgIpc) is 2.55. The molecule has 0 fully saturated rings. The Kier molecular flexibility index (Phi) is 6.21. The van der Waals surface area contributed by atoms with Crippen LogP contribution in [-0.4, -0.2) is 33.7 Å². The fraction of sp³-hybridized carbons (Fsp3) is 0.316. The van der Waals surface area contributed by atoms with E-state index in [1.165, 1.54) is 0 Å². The van der Waals surface area contributed by atoms with Gasteiger partial charge in [0.15, 0.2) is 6.54 Å². The summed E-state index contributed by atoms with van der Waals surface area (Å²) in [6.45, 7) is 3.10. The number of benzene rings is 2. The first-order chi connectivity index (χ1) is 11.5. The van der Waals surface area contributed by atoms with Crippen LogP contribution in [0.5, 0.6) is 11.5 Å². The molecule has 5 nitrogen and oxygen atoms in total. The van der Waals surface area contributed by atoms with Crippen LogP contribution in [0.1, 0.15) is 11.1 Å². The molecule has 0 spiro atoms. The first kappa shape index (κ1) is 17.8. The van der Waals surface area contributed by atoms with Crippen LogP contribution in [0.25, 0.3) is 0 Å². The molecule has 0 aliphatic rings. The van der Waals surface area contributed by atoms with Gasteiger partial charge in [-0.2, -0.15) is 0 Å². The highest BCUT2D eigenvalue weighted by molar-refractivity contribution is 5.93. The summed E-state index contributed by atoms with van der Waals surface area (Å²) in [4.78, 5) is 13.4. The molecule has 128 valence electrons. The van der Waals surface area contributed by atoms with Crippen molar-refractivity contribution in [2.24, 2.45) is 0 Å². The third-order valence-corrected chi connectivity index (χ3v) is 3.73. The maximum atomic E-state index is 12.3. The number of carbonyl (C=O) groups is 1. The number of amides is 1. The van der Waals surface area contributed by atoms with E-state index in [-0.39, 0.29) is 5.91 Å². The average molecular weight is 329 g/mol.